The van der Waals surface area contributed by atoms with Crippen LogP contribution >= 0.6 is 0 Å². The van der Waals surface area contributed by atoms with Crippen LogP contribution in [0.5, 0.6) is 0 Å². The van der Waals surface area contributed by atoms with Gasteiger partial charge in [-0.2, -0.15) is 4.80 Å². The van der Waals surface area contributed by atoms with Gasteiger partial charge >= 0.3 is 0 Å². The zero-order valence-corrected chi connectivity index (χ0v) is 9.19. The van der Waals surface area contributed by atoms with E-state index in [2.05, 4.69) is 36.2 Å². The highest BCUT2D eigenvalue weighted by molar-refractivity contribution is 4.96. The molecule has 0 spiro atoms. The summed E-state index contributed by atoms with van der Waals surface area (Å²) >= 11 is 0. The van der Waals surface area contributed by atoms with Crippen LogP contribution in [-0.4, -0.2) is 20.2 Å². The third-order valence-corrected chi connectivity index (χ3v) is 2.75. The van der Waals surface area contributed by atoms with Crippen LogP contribution in [0.1, 0.15) is 58.3 Å². The Morgan fingerprint density at radius 2 is 1.86 bits per heavy atom. The number of hydrogen-bond donors (Lipinski definition) is 0. The molecule has 1 fully saturated rings. The van der Waals surface area contributed by atoms with Crippen molar-refractivity contribution in [3.05, 3.63) is 5.82 Å². The van der Waals surface area contributed by atoms with Crippen LogP contribution in [0.4, 0.5) is 0 Å². The van der Waals surface area contributed by atoms with Crippen LogP contribution in [0.25, 0.3) is 0 Å². The molecule has 14 heavy (non-hydrogen) atoms. The molecule has 1 saturated carbocycles. The third kappa shape index (κ3) is 1.79. The summed E-state index contributed by atoms with van der Waals surface area (Å²) in [5, 5.41) is 12.7. The molecule has 0 radical (unpaired) electrons. The zero-order valence-electron chi connectivity index (χ0n) is 9.19. The second-order valence-corrected chi connectivity index (χ2v) is 5.12. The molecule has 2 rings (SSSR count). The first-order valence-electron chi connectivity index (χ1n) is 5.37. The molecule has 4 nitrogen and oxygen atoms in total. The van der Waals surface area contributed by atoms with E-state index in [0.29, 0.717) is 6.04 Å². The summed E-state index contributed by atoms with van der Waals surface area (Å²) in [7, 11) is 0. The van der Waals surface area contributed by atoms with Gasteiger partial charge in [0.15, 0.2) is 5.82 Å². The minimum absolute atomic E-state index is 0.0108. The van der Waals surface area contributed by atoms with Gasteiger partial charge < -0.3 is 0 Å². The summed E-state index contributed by atoms with van der Waals surface area (Å²) in [5.41, 5.74) is 0.0108. The SMILES string of the molecule is CC(C)(C)c1nnn(C2CCCC2)n1. The molecule has 1 heterocycles. The van der Waals surface area contributed by atoms with Crippen LogP contribution in [0, 0.1) is 0 Å². The summed E-state index contributed by atoms with van der Waals surface area (Å²) in [4.78, 5) is 1.81. The van der Waals surface area contributed by atoms with Crippen molar-refractivity contribution in [1.29, 1.82) is 0 Å². The summed E-state index contributed by atoms with van der Waals surface area (Å²) < 4.78 is 0. The maximum Gasteiger partial charge on any atom is 0.180 e. The van der Waals surface area contributed by atoms with Crippen molar-refractivity contribution in [1.82, 2.24) is 20.2 Å². The molecule has 0 amide bonds. The average molecular weight is 194 g/mol. The lowest BCUT2D eigenvalue weighted by Crippen LogP contribution is -2.15. The van der Waals surface area contributed by atoms with E-state index in [4.69, 9.17) is 0 Å². The highest BCUT2D eigenvalue weighted by Crippen LogP contribution is 2.28. The first kappa shape index (κ1) is 9.62. The smallest absolute Gasteiger partial charge is 0.161 e. The van der Waals surface area contributed by atoms with Gasteiger partial charge in [-0.3, -0.25) is 0 Å². The highest BCUT2D eigenvalue weighted by Gasteiger charge is 2.24. The Hall–Kier alpha value is -0.930. The van der Waals surface area contributed by atoms with E-state index in [0.717, 1.165) is 5.82 Å². The molecule has 78 valence electrons. The maximum atomic E-state index is 4.46. The monoisotopic (exact) mass is 194 g/mol. The fourth-order valence-corrected chi connectivity index (χ4v) is 1.82. The molecule has 1 aliphatic carbocycles. The van der Waals surface area contributed by atoms with E-state index < -0.39 is 0 Å². The van der Waals surface area contributed by atoms with Crippen molar-refractivity contribution in [2.45, 2.75) is 57.9 Å². The molecule has 0 saturated heterocycles. The fraction of sp³-hybridized carbons (Fsp3) is 0.900. The normalized spacial score (nSPS) is 19.1. The van der Waals surface area contributed by atoms with Gasteiger partial charge in [-0.15, -0.1) is 10.2 Å². The Morgan fingerprint density at radius 1 is 1.21 bits per heavy atom. The molecule has 0 N–H and O–H groups in total. The standard InChI is InChI=1S/C10H18N4/c1-10(2,3)9-11-13-14(12-9)8-6-4-5-7-8/h8H,4-7H2,1-3H3. The van der Waals surface area contributed by atoms with Crippen LogP contribution in [0.2, 0.25) is 0 Å². The third-order valence-electron chi connectivity index (χ3n) is 2.75. The topological polar surface area (TPSA) is 43.6 Å². The first-order chi connectivity index (χ1) is 6.57. The Balaban J connectivity index is 2.17. The van der Waals surface area contributed by atoms with E-state index in [1.807, 2.05) is 4.80 Å². The number of hydrogen-bond acceptors (Lipinski definition) is 3. The van der Waals surface area contributed by atoms with Crippen molar-refractivity contribution in [2.75, 3.05) is 0 Å². The lowest BCUT2D eigenvalue weighted by molar-refractivity contribution is 0.400. The van der Waals surface area contributed by atoms with E-state index >= 15 is 0 Å². The van der Waals surface area contributed by atoms with Crippen molar-refractivity contribution >= 4 is 0 Å². The molecule has 0 bridgehead atoms. The minimum Gasteiger partial charge on any atom is -0.161 e. The lowest BCUT2D eigenvalue weighted by atomic mass is 9.96. The van der Waals surface area contributed by atoms with Crippen molar-refractivity contribution in [2.24, 2.45) is 0 Å². The van der Waals surface area contributed by atoms with Gasteiger partial charge in [0.2, 0.25) is 0 Å². The average Bonchev–Trinajstić information content (AvgIpc) is 2.73. The van der Waals surface area contributed by atoms with Gasteiger partial charge in [0.05, 0.1) is 6.04 Å². The van der Waals surface area contributed by atoms with E-state index in [9.17, 15) is 0 Å². The van der Waals surface area contributed by atoms with Crippen LogP contribution < -0.4 is 0 Å². The van der Waals surface area contributed by atoms with Crippen LogP contribution in [-0.2, 0) is 5.41 Å². The van der Waals surface area contributed by atoms with Crippen LogP contribution in [0.15, 0.2) is 0 Å². The van der Waals surface area contributed by atoms with Gasteiger partial charge in [0, 0.05) is 5.41 Å². The quantitative estimate of drug-likeness (QED) is 0.687. The lowest BCUT2D eigenvalue weighted by Gasteiger charge is -2.12. The molecule has 4 heteroatoms. The van der Waals surface area contributed by atoms with Gasteiger partial charge in [0.1, 0.15) is 0 Å². The maximum absolute atomic E-state index is 4.46. The summed E-state index contributed by atoms with van der Waals surface area (Å²) in [6.07, 6.45) is 5.02. The molecule has 0 aromatic carbocycles. The van der Waals surface area contributed by atoms with Gasteiger partial charge in [-0.05, 0) is 18.1 Å². The molecule has 1 aliphatic rings. The minimum atomic E-state index is 0.0108. The molecular formula is C10H18N4. The zero-order chi connectivity index (χ0) is 10.2. The number of rotatable bonds is 1. The molecule has 0 unspecified atom stereocenters. The Bertz CT molecular complexity index is 304. The second kappa shape index (κ2) is 3.33. The van der Waals surface area contributed by atoms with Crippen molar-refractivity contribution in [3.63, 3.8) is 0 Å². The number of nitrogens with zero attached hydrogens (tertiary/aromatic N) is 4. The second-order valence-electron chi connectivity index (χ2n) is 5.12. The highest BCUT2D eigenvalue weighted by atomic mass is 15.6. The van der Waals surface area contributed by atoms with E-state index in [1.165, 1.54) is 25.7 Å². The summed E-state index contributed by atoms with van der Waals surface area (Å²) in [6, 6.07) is 0.499. The van der Waals surface area contributed by atoms with Crippen LogP contribution in [0.3, 0.4) is 0 Å². The Kier molecular flexibility index (Phi) is 2.29. The largest absolute Gasteiger partial charge is 0.180 e. The van der Waals surface area contributed by atoms with Gasteiger partial charge in [0.25, 0.3) is 0 Å². The number of aromatic nitrogens is 4. The first-order valence-corrected chi connectivity index (χ1v) is 5.37. The Morgan fingerprint density at radius 3 is 2.36 bits per heavy atom. The molecule has 0 aliphatic heterocycles. The fourth-order valence-electron chi connectivity index (χ4n) is 1.82. The van der Waals surface area contributed by atoms with Crippen molar-refractivity contribution < 1.29 is 0 Å². The van der Waals surface area contributed by atoms with E-state index in [-0.39, 0.29) is 5.41 Å². The predicted octanol–water partition coefficient (Wildman–Crippen LogP) is 2.09. The van der Waals surface area contributed by atoms with E-state index in [1.54, 1.807) is 0 Å². The Labute approximate surface area is 84.7 Å². The van der Waals surface area contributed by atoms with Crippen molar-refractivity contribution in [3.8, 4) is 0 Å². The molecule has 0 atom stereocenters. The number of tetrazole rings is 1. The van der Waals surface area contributed by atoms with Gasteiger partial charge in [-0.25, -0.2) is 0 Å². The van der Waals surface area contributed by atoms with Gasteiger partial charge in [-0.1, -0.05) is 33.6 Å². The summed E-state index contributed by atoms with van der Waals surface area (Å²) in [5.74, 6) is 0.851. The summed E-state index contributed by atoms with van der Waals surface area (Å²) in [6.45, 7) is 6.34. The molecular weight excluding hydrogens is 176 g/mol. The molecule has 1 aromatic heterocycles. The predicted molar refractivity (Wildman–Crippen MR) is 54.0 cm³/mol. The molecule has 1 aromatic rings.